The number of nitrogens with zero attached hydrogens (tertiary/aromatic N) is 2. The Morgan fingerprint density at radius 1 is 1.25 bits per heavy atom. The summed E-state index contributed by atoms with van der Waals surface area (Å²) < 4.78 is 0. The summed E-state index contributed by atoms with van der Waals surface area (Å²) in [6.45, 7) is 9.37. The van der Waals surface area contributed by atoms with Crippen molar-refractivity contribution in [3.63, 3.8) is 0 Å². The molecule has 0 saturated heterocycles. The molecule has 0 atom stereocenters. The normalized spacial score (nSPS) is 10.3. The quantitative estimate of drug-likeness (QED) is 0.688. The van der Waals surface area contributed by atoms with Gasteiger partial charge in [0.05, 0.1) is 6.54 Å². The van der Waals surface area contributed by atoms with Crippen LogP contribution in [-0.2, 0) is 11.3 Å². The van der Waals surface area contributed by atoms with Crippen LogP contribution in [0.25, 0.3) is 0 Å². The minimum absolute atomic E-state index is 0.0550. The third-order valence-corrected chi connectivity index (χ3v) is 3.22. The predicted octanol–water partition coefficient (Wildman–Crippen LogP) is 2.97. The van der Waals surface area contributed by atoms with E-state index >= 15 is 0 Å². The molecule has 0 aliphatic heterocycles. The van der Waals surface area contributed by atoms with E-state index in [9.17, 15) is 4.79 Å². The number of carbonyl (C=O) groups excluding carboxylic acids is 1. The van der Waals surface area contributed by atoms with Crippen LogP contribution in [-0.4, -0.2) is 42.4 Å². The van der Waals surface area contributed by atoms with Crippen LogP contribution in [0.15, 0.2) is 49.6 Å². The zero-order valence-corrected chi connectivity index (χ0v) is 12.6. The zero-order chi connectivity index (χ0) is 15.0. The second kappa shape index (κ2) is 8.56. The van der Waals surface area contributed by atoms with E-state index in [1.54, 1.807) is 17.1 Å². The summed E-state index contributed by atoms with van der Waals surface area (Å²) in [5.41, 5.74) is 1.02. The Balaban J connectivity index is 2.58. The number of likely N-dealkylation sites (N-methyl/N-ethyl adjacent to an activating group) is 1. The molecule has 1 aromatic rings. The van der Waals surface area contributed by atoms with Gasteiger partial charge in [0.25, 0.3) is 0 Å². The van der Waals surface area contributed by atoms with Gasteiger partial charge >= 0.3 is 0 Å². The first kappa shape index (κ1) is 16.5. The maximum atomic E-state index is 12.2. The summed E-state index contributed by atoms with van der Waals surface area (Å²) in [6, 6.07) is 7.66. The average Bonchev–Trinajstić information content (AvgIpc) is 2.41. The molecule has 108 valence electrons. The fourth-order valence-corrected chi connectivity index (χ4v) is 2.09. The Bertz CT molecular complexity index is 463. The molecular formula is C16H21ClN2O. The Morgan fingerprint density at radius 2 is 1.85 bits per heavy atom. The van der Waals surface area contributed by atoms with Crippen molar-refractivity contribution in [2.75, 3.05) is 26.7 Å². The van der Waals surface area contributed by atoms with Crippen molar-refractivity contribution in [2.45, 2.75) is 6.54 Å². The van der Waals surface area contributed by atoms with Crippen molar-refractivity contribution < 1.29 is 4.79 Å². The molecule has 0 spiro atoms. The summed E-state index contributed by atoms with van der Waals surface area (Å²) in [4.78, 5) is 15.8. The van der Waals surface area contributed by atoms with E-state index in [0.717, 1.165) is 10.6 Å². The van der Waals surface area contributed by atoms with Crippen LogP contribution in [0.2, 0.25) is 5.02 Å². The van der Waals surface area contributed by atoms with Gasteiger partial charge in [0.1, 0.15) is 0 Å². The highest BCUT2D eigenvalue weighted by Gasteiger charge is 2.14. The van der Waals surface area contributed by atoms with Gasteiger partial charge < -0.3 is 4.90 Å². The van der Waals surface area contributed by atoms with Crippen LogP contribution in [0.1, 0.15) is 5.56 Å². The first-order valence-corrected chi connectivity index (χ1v) is 6.87. The van der Waals surface area contributed by atoms with Gasteiger partial charge in [-0.3, -0.25) is 9.69 Å². The van der Waals surface area contributed by atoms with Crippen molar-refractivity contribution in [1.82, 2.24) is 9.80 Å². The molecule has 0 radical (unpaired) electrons. The molecule has 0 bridgehead atoms. The molecule has 1 amide bonds. The summed E-state index contributed by atoms with van der Waals surface area (Å²) >= 11 is 6.12. The molecule has 1 rings (SSSR count). The molecule has 0 heterocycles. The lowest BCUT2D eigenvalue weighted by Crippen LogP contribution is -2.39. The van der Waals surface area contributed by atoms with Crippen molar-refractivity contribution in [3.8, 4) is 0 Å². The highest BCUT2D eigenvalue weighted by molar-refractivity contribution is 6.31. The van der Waals surface area contributed by atoms with E-state index in [1.807, 2.05) is 36.2 Å². The van der Waals surface area contributed by atoms with Crippen LogP contribution < -0.4 is 0 Å². The number of benzene rings is 1. The monoisotopic (exact) mass is 292 g/mol. The van der Waals surface area contributed by atoms with Gasteiger partial charge in [-0.05, 0) is 18.7 Å². The number of carbonyl (C=O) groups is 1. The Morgan fingerprint density at radius 3 is 2.40 bits per heavy atom. The van der Waals surface area contributed by atoms with Crippen molar-refractivity contribution in [3.05, 3.63) is 60.2 Å². The van der Waals surface area contributed by atoms with Gasteiger partial charge in [0.2, 0.25) is 5.91 Å². The summed E-state index contributed by atoms with van der Waals surface area (Å²) in [5.74, 6) is 0.0550. The van der Waals surface area contributed by atoms with E-state index in [4.69, 9.17) is 11.6 Å². The number of hydrogen-bond donors (Lipinski definition) is 0. The largest absolute Gasteiger partial charge is 0.334 e. The van der Waals surface area contributed by atoms with Gasteiger partial charge in [0.15, 0.2) is 0 Å². The molecule has 20 heavy (non-hydrogen) atoms. The third kappa shape index (κ3) is 5.19. The Hall–Kier alpha value is -1.58. The van der Waals surface area contributed by atoms with Crippen molar-refractivity contribution in [1.29, 1.82) is 0 Å². The smallest absolute Gasteiger partial charge is 0.237 e. The molecule has 0 aliphatic carbocycles. The van der Waals surface area contributed by atoms with Gasteiger partial charge in [0, 0.05) is 24.7 Å². The molecule has 0 saturated carbocycles. The van der Waals surface area contributed by atoms with E-state index in [1.165, 1.54) is 0 Å². The van der Waals surface area contributed by atoms with Gasteiger partial charge in [-0.2, -0.15) is 0 Å². The van der Waals surface area contributed by atoms with E-state index in [0.29, 0.717) is 26.2 Å². The lowest BCUT2D eigenvalue weighted by molar-refractivity contribution is -0.131. The minimum Gasteiger partial charge on any atom is -0.334 e. The number of halogens is 1. The molecule has 4 heteroatoms. The molecule has 0 fully saturated rings. The topological polar surface area (TPSA) is 23.6 Å². The molecular weight excluding hydrogens is 272 g/mol. The second-order valence-electron chi connectivity index (χ2n) is 4.64. The molecule has 0 N–H and O–H groups in total. The van der Waals surface area contributed by atoms with Crippen LogP contribution >= 0.6 is 11.6 Å². The molecule has 0 aliphatic rings. The van der Waals surface area contributed by atoms with Crippen LogP contribution in [0.3, 0.4) is 0 Å². The molecule has 1 aromatic carbocycles. The first-order chi connectivity index (χ1) is 9.58. The van der Waals surface area contributed by atoms with Crippen molar-refractivity contribution >= 4 is 17.5 Å². The highest BCUT2D eigenvalue weighted by atomic mass is 35.5. The second-order valence-corrected chi connectivity index (χ2v) is 5.05. The lowest BCUT2D eigenvalue weighted by Gasteiger charge is -2.23. The Kier molecular flexibility index (Phi) is 7.05. The van der Waals surface area contributed by atoms with Crippen LogP contribution in [0, 0.1) is 0 Å². The number of amides is 1. The van der Waals surface area contributed by atoms with Gasteiger partial charge in [-0.15, -0.1) is 13.2 Å². The molecule has 3 nitrogen and oxygen atoms in total. The predicted molar refractivity (Wildman–Crippen MR) is 84.8 cm³/mol. The fourth-order valence-electron chi connectivity index (χ4n) is 1.89. The van der Waals surface area contributed by atoms with Crippen LogP contribution in [0.5, 0.6) is 0 Å². The van der Waals surface area contributed by atoms with Gasteiger partial charge in [-0.25, -0.2) is 0 Å². The number of rotatable bonds is 8. The van der Waals surface area contributed by atoms with E-state index < -0.39 is 0 Å². The standard InChI is InChI=1S/C16H21ClN2O/c1-4-10-19(11-5-2)16(20)13-18(3)12-14-8-6-7-9-15(14)17/h4-9H,1-2,10-13H2,3H3. The van der Waals surface area contributed by atoms with Crippen LogP contribution in [0.4, 0.5) is 0 Å². The first-order valence-electron chi connectivity index (χ1n) is 6.50. The summed E-state index contributed by atoms with van der Waals surface area (Å²) in [5, 5.41) is 0.723. The molecule has 0 aromatic heterocycles. The SMILES string of the molecule is C=CCN(CC=C)C(=O)CN(C)Cc1ccccc1Cl. The lowest BCUT2D eigenvalue weighted by atomic mass is 10.2. The molecule has 0 unspecified atom stereocenters. The van der Waals surface area contributed by atoms with Crippen molar-refractivity contribution in [2.24, 2.45) is 0 Å². The zero-order valence-electron chi connectivity index (χ0n) is 11.9. The maximum absolute atomic E-state index is 12.2. The van der Waals surface area contributed by atoms with E-state index in [-0.39, 0.29) is 5.91 Å². The van der Waals surface area contributed by atoms with Gasteiger partial charge in [-0.1, -0.05) is 42.0 Å². The number of hydrogen-bond acceptors (Lipinski definition) is 2. The Labute approximate surface area is 126 Å². The average molecular weight is 293 g/mol. The fraction of sp³-hybridized carbons (Fsp3) is 0.312. The maximum Gasteiger partial charge on any atom is 0.237 e. The summed E-state index contributed by atoms with van der Waals surface area (Å²) in [7, 11) is 1.90. The minimum atomic E-state index is 0.0550. The highest BCUT2D eigenvalue weighted by Crippen LogP contribution is 2.16. The third-order valence-electron chi connectivity index (χ3n) is 2.85. The summed E-state index contributed by atoms with van der Waals surface area (Å²) in [6.07, 6.45) is 3.44. The van der Waals surface area contributed by atoms with E-state index in [2.05, 4.69) is 13.2 Å².